The predicted molar refractivity (Wildman–Crippen MR) is 88.9 cm³/mol. The lowest BCUT2D eigenvalue weighted by atomic mass is 9.98. The molecule has 0 amide bonds. The third-order valence-electron chi connectivity index (χ3n) is 4.18. The van der Waals surface area contributed by atoms with Gasteiger partial charge in [0.2, 0.25) is 0 Å². The summed E-state index contributed by atoms with van der Waals surface area (Å²) in [6, 6.07) is 7.88. The molecule has 0 spiro atoms. The molecule has 1 unspecified atom stereocenters. The molecule has 1 aliphatic rings. The molecule has 3 rings (SSSR count). The number of nitrogens with one attached hydrogen (secondary N) is 2. The molecule has 1 saturated heterocycles. The number of benzene rings is 2. The van der Waals surface area contributed by atoms with Gasteiger partial charge < -0.3 is 5.32 Å². The van der Waals surface area contributed by atoms with E-state index in [1.807, 2.05) is 6.07 Å². The molecule has 9 heteroatoms. The molecule has 0 saturated carbocycles. The zero-order valence-corrected chi connectivity index (χ0v) is 14.3. The highest BCUT2D eigenvalue weighted by molar-refractivity contribution is 7.92. The molecular weight excluding hydrogens is 372 g/mol. The minimum absolute atomic E-state index is 0.215. The zero-order valence-electron chi connectivity index (χ0n) is 13.5. The van der Waals surface area contributed by atoms with Gasteiger partial charge in [0.25, 0.3) is 10.0 Å². The van der Waals surface area contributed by atoms with Crippen molar-refractivity contribution in [3.63, 3.8) is 0 Å². The maximum Gasteiger partial charge on any atom is 0.416 e. The van der Waals surface area contributed by atoms with Crippen LogP contribution in [0.5, 0.6) is 0 Å². The van der Waals surface area contributed by atoms with Crippen molar-refractivity contribution in [2.45, 2.75) is 23.4 Å². The van der Waals surface area contributed by atoms with Crippen LogP contribution >= 0.6 is 0 Å². The van der Waals surface area contributed by atoms with Gasteiger partial charge in [-0.2, -0.15) is 13.2 Å². The second-order valence-corrected chi connectivity index (χ2v) is 7.78. The zero-order chi connectivity index (χ0) is 18.9. The number of alkyl halides is 3. The van der Waals surface area contributed by atoms with Crippen LogP contribution in [0.3, 0.4) is 0 Å². The molecule has 4 nitrogen and oxygen atoms in total. The van der Waals surface area contributed by atoms with Gasteiger partial charge in [-0.25, -0.2) is 12.8 Å². The summed E-state index contributed by atoms with van der Waals surface area (Å²) in [7, 11) is -4.36. The van der Waals surface area contributed by atoms with Gasteiger partial charge in [-0.1, -0.05) is 12.1 Å². The lowest BCUT2D eigenvalue weighted by Crippen LogP contribution is -2.15. The Labute approximate surface area is 148 Å². The lowest BCUT2D eigenvalue weighted by molar-refractivity contribution is -0.137. The second-order valence-electron chi connectivity index (χ2n) is 6.09. The van der Waals surface area contributed by atoms with E-state index in [-0.39, 0.29) is 17.7 Å². The van der Waals surface area contributed by atoms with Crippen molar-refractivity contribution in [1.82, 2.24) is 5.32 Å². The highest BCUT2D eigenvalue weighted by atomic mass is 32.2. The van der Waals surface area contributed by atoms with Crippen LogP contribution in [-0.4, -0.2) is 21.5 Å². The van der Waals surface area contributed by atoms with Gasteiger partial charge in [-0.05, 0) is 54.8 Å². The van der Waals surface area contributed by atoms with Gasteiger partial charge >= 0.3 is 6.18 Å². The van der Waals surface area contributed by atoms with Crippen molar-refractivity contribution < 1.29 is 26.0 Å². The Balaban J connectivity index is 1.90. The molecular formula is C17H16F4N2O2S. The fraction of sp³-hybridized carbons (Fsp3) is 0.294. The predicted octanol–water partition coefficient (Wildman–Crippen LogP) is 3.72. The normalized spacial score (nSPS) is 18.1. The Hall–Kier alpha value is -2.13. The van der Waals surface area contributed by atoms with E-state index < -0.39 is 32.5 Å². The fourth-order valence-electron chi connectivity index (χ4n) is 2.89. The van der Waals surface area contributed by atoms with Gasteiger partial charge in [-0.15, -0.1) is 0 Å². The topological polar surface area (TPSA) is 58.2 Å². The van der Waals surface area contributed by atoms with Crippen molar-refractivity contribution in [3.8, 4) is 0 Å². The van der Waals surface area contributed by atoms with Crippen molar-refractivity contribution >= 4 is 15.7 Å². The third kappa shape index (κ3) is 4.16. The maximum absolute atomic E-state index is 13.5. The molecule has 2 aromatic carbocycles. The van der Waals surface area contributed by atoms with Crippen molar-refractivity contribution in [3.05, 3.63) is 59.4 Å². The van der Waals surface area contributed by atoms with E-state index >= 15 is 0 Å². The standard InChI is InChI=1S/C17H16F4N2O2S/c18-14-7-13(17(19,20)21)8-16(9-14)26(24,25)23-15-3-1-2-11(6-15)12-4-5-22-10-12/h1-3,6-9,12,22-23H,4-5,10H2. The largest absolute Gasteiger partial charge is 0.416 e. The molecule has 2 N–H and O–H groups in total. The lowest BCUT2D eigenvalue weighted by Gasteiger charge is -2.14. The number of hydrogen-bond donors (Lipinski definition) is 2. The van der Waals surface area contributed by atoms with Crippen LogP contribution in [0.2, 0.25) is 0 Å². The minimum atomic E-state index is -4.85. The minimum Gasteiger partial charge on any atom is -0.316 e. The summed E-state index contributed by atoms with van der Waals surface area (Å²) in [5.74, 6) is -1.03. The highest BCUT2D eigenvalue weighted by Crippen LogP contribution is 2.32. The first-order chi connectivity index (χ1) is 12.1. The monoisotopic (exact) mass is 388 g/mol. The van der Waals surface area contributed by atoms with Crippen molar-refractivity contribution in [2.75, 3.05) is 17.8 Å². The van der Waals surface area contributed by atoms with Crippen LogP contribution in [0.4, 0.5) is 23.2 Å². The Morgan fingerprint density at radius 3 is 2.54 bits per heavy atom. The van der Waals surface area contributed by atoms with Crippen LogP contribution in [0, 0.1) is 5.82 Å². The van der Waals surface area contributed by atoms with Crippen molar-refractivity contribution in [1.29, 1.82) is 0 Å². The summed E-state index contributed by atoms with van der Waals surface area (Å²) >= 11 is 0. The summed E-state index contributed by atoms with van der Waals surface area (Å²) in [5, 5.41) is 3.20. The van der Waals surface area contributed by atoms with Crippen LogP contribution in [0.15, 0.2) is 47.4 Å². The van der Waals surface area contributed by atoms with Gasteiger partial charge in [-0.3, -0.25) is 4.72 Å². The number of rotatable bonds is 4. The van der Waals surface area contributed by atoms with E-state index in [1.54, 1.807) is 12.1 Å². The summed E-state index contributed by atoms with van der Waals surface area (Å²) in [5.41, 5.74) is -0.221. The van der Waals surface area contributed by atoms with Gasteiger partial charge in [0.1, 0.15) is 5.82 Å². The Morgan fingerprint density at radius 1 is 1.12 bits per heavy atom. The van der Waals surface area contributed by atoms with Crippen LogP contribution < -0.4 is 10.0 Å². The van der Waals surface area contributed by atoms with Gasteiger partial charge in [0.15, 0.2) is 0 Å². The number of hydrogen-bond acceptors (Lipinski definition) is 3. The van der Waals surface area contributed by atoms with E-state index in [2.05, 4.69) is 10.0 Å². The van der Waals surface area contributed by atoms with E-state index in [9.17, 15) is 26.0 Å². The average Bonchev–Trinajstić information content (AvgIpc) is 3.08. The summed E-state index contributed by atoms with van der Waals surface area (Å²) in [6.45, 7) is 1.64. The molecule has 1 heterocycles. The molecule has 0 aromatic heterocycles. The van der Waals surface area contributed by atoms with Crippen molar-refractivity contribution in [2.24, 2.45) is 0 Å². The summed E-state index contributed by atoms with van der Waals surface area (Å²) < 4.78 is 78.9. The molecule has 1 atom stereocenters. The molecule has 0 bridgehead atoms. The number of anilines is 1. The Morgan fingerprint density at radius 2 is 1.88 bits per heavy atom. The molecule has 1 fully saturated rings. The Kier molecular flexibility index (Phi) is 4.94. The van der Waals surface area contributed by atoms with Crippen LogP contribution in [0.25, 0.3) is 0 Å². The van der Waals surface area contributed by atoms with E-state index in [0.29, 0.717) is 12.1 Å². The maximum atomic E-state index is 13.5. The Bertz CT molecular complexity index is 907. The van der Waals surface area contributed by atoms with Crippen LogP contribution in [0.1, 0.15) is 23.5 Å². The number of halogens is 4. The SMILES string of the molecule is O=S(=O)(Nc1cccc(C2CCNC2)c1)c1cc(F)cc(C(F)(F)F)c1. The molecule has 0 radical (unpaired) electrons. The molecule has 2 aromatic rings. The average molecular weight is 388 g/mol. The summed E-state index contributed by atoms with van der Waals surface area (Å²) in [6.07, 6.45) is -3.93. The summed E-state index contributed by atoms with van der Waals surface area (Å²) in [4.78, 5) is -0.780. The highest BCUT2D eigenvalue weighted by Gasteiger charge is 2.33. The first-order valence-electron chi connectivity index (χ1n) is 7.86. The first-order valence-corrected chi connectivity index (χ1v) is 9.35. The van der Waals surface area contributed by atoms with Gasteiger partial charge in [0.05, 0.1) is 10.5 Å². The van der Waals surface area contributed by atoms with E-state index in [0.717, 1.165) is 25.1 Å². The molecule has 26 heavy (non-hydrogen) atoms. The quantitative estimate of drug-likeness (QED) is 0.785. The fourth-order valence-corrected chi connectivity index (χ4v) is 4.00. The molecule has 0 aliphatic carbocycles. The third-order valence-corrected chi connectivity index (χ3v) is 5.54. The molecule has 140 valence electrons. The smallest absolute Gasteiger partial charge is 0.316 e. The second kappa shape index (κ2) is 6.88. The van der Waals surface area contributed by atoms with Crippen LogP contribution in [-0.2, 0) is 16.2 Å². The van der Waals surface area contributed by atoms with E-state index in [1.165, 1.54) is 6.07 Å². The van der Waals surface area contributed by atoms with E-state index in [4.69, 9.17) is 0 Å². The van der Waals surface area contributed by atoms with Gasteiger partial charge in [0, 0.05) is 12.2 Å². The first kappa shape index (κ1) is 18.7. The number of sulfonamides is 1. The molecule has 1 aliphatic heterocycles.